The molecule has 2 N–H and O–H groups in total. The van der Waals surface area contributed by atoms with Gasteiger partial charge in [0, 0.05) is 24.0 Å². The average molecular weight is 251 g/mol. The van der Waals surface area contributed by atoms with Gasteiger partial charge in [-0.1, -0.05) is 6.07 Å². The third-order valence-corrected chi connectivity index (χ3v) is 3.34. The predicted molar refractivity (Wildman–Crippen MR) is 67.8 cm³/mol. The van der Waals surface area contributed by atoms with Crippen LogP contribution in [0.1, 0.15) is 10.4 Å². The number of halogens is 1. The first kappa shape index (κ1) is 12.1. The van der Waals surface area contributed by atoms with Crippen LogP contribution in [0.5, 0.6) is 5.75 Å². The van der Waals surface area contributed by atoms with E-state index in [9.17, 15) is 9.50 Å². The Morgan fingerprint density at radius 3 is 2.88 bits per heavy atom. The number of thiophene rings is 1. The van der Waals surface area contributed by atoms with E-state index >= 15 is 0 Å². The fourth-order valence-corrected chi connectivity index (χ4v) is 2.34. The maximum absolute atomic E-state index is 13.0. The molecule has 0 amide bonds. The summed E-state index contributed by atoms with van der Waals surface area (Å²) >= 11 is 1.73. The minimum absolute atomic E-state index is 0.0277. The second-order valence-electron chi connectivity index (χ2n) is 3.82. The molecule has 2 aromatic rings. The van der Waals surface area contributed by atoms with Crippen molar-refractivity contribution >= 4 is 11.3 Å². The molecule has 0 saturated carbocycles. The van der Waals surface area contributed by atoms with Gasteiger partial charge in [-0.25, -0.2) is 4.39 Å². The highest BCUT2D eigenvalue weighted by Gasteiger charge is 1.99. The smallest absolute Gasteiger partial charge is 0.127 e. The average Bonchev–Trinajstić information content (AvgIpc) is 2.76. The van der Waals surface area contributed by atoms with Crippen molar-refractivity contribution in [2.24, 2.45) is 0 Å². The van der Waals surface area contributed by atoms with Crippen molar-refractivity contribution in [3.8, 4) is 5.75 Å². The molecule has 1 aromatic heterocycles. The fourth-order valence-electron chi connectivity index (χ4n) is 1.63. The lowest BCUT2D eigenvalue weighted by Gasteiger charge is -2.05. The van der Waals surface area contributed by atoms with Gasteiger partial charge in [0.2, 0.25) is 0 Å². The van der Waals surface area contributed by atoms with Crippen molar-refractivity contribution in [3.63, 3.8) is 0 Å². The van der Waals surface area contributed by atoms with Gasteiger partial charge in [0.25, 0.3) is 0 Å². The van der Waals surface area contributed by atoms with E-state index in [-0.39, 0.29) is 5.75 Å². The van der Waals surface area contributed by atoms with E-state index in [1.807, 2.05) is 6.07 Å². The summed E-state index contributed by atoms with van der Waals surface area (Å²) in [5, 5.41) is 14.5. The number of phenols is 1. The van der Waals surface area contributed by atoms with E-state index in [1.165, 1.54) is 10.9 Å². The molecule has 2 nitrogen and oxygen atoms in total. The first-order valence-corrected chi connectivity index (χ1v) is 6.33. The molecule has 1 heterocycles. The molecule has 0 saturated heterocycles. The van der Waals surface area contributed by atoms with Crippen LogP contribution in [0.2, 0.25) is 0 Å². The van der Waals surface area contributed by atoms with E-state index in [4.69, 9.17) is 0 Å². The van der Waals surface area contributed by atoms with Gasteiger partial charge in [-0.15, -0.1) is 11.3 Å². The van der Waals surface area contributed by atoms with Crippen LogP contribution < -0.4 is 5.32 Å². The van der Waals surface area contributed by atoms with Gasteiger partial charge >= 0.3 is 0 Å². The predicted octanol–water partition coefficient (Wildman–Crippen LogP) is 2.93. The number of rotatable bonds is 5. The molecule has 1 aromatic carbocycles. The van der Waals surface area contributed by atoms with Gasteiger partial charge in [0.15, 0.2) is 0 Å². The van der Waals surface area contributed by atoms with Crippen LogP contribution in [-0.2, 0) is 13.0 Å². The molecular weight excluding hydrogens is 237 g/mol. The van der Waals surface area contributed by atoms with Crippen LogP contribution in [0, 0.1) is 5.82 Å². The number of nitrogens with one attached hydrogen (secondary N) is 1. The van der Waals surface area contributed by atoms with Crippen molar-refractivity contribution in [3.05, 3.63) is 52.0 Å². The molecule has 0 aliphatic rings. The second-order valence-corrected chi connectivity index (χ2v) is 4.86. The van der Waals surface area contributed by atoms with Crippen molar-refractivity contribution in [2.75, 3.05) is 6.54 Å². The first-order chi connectivity index (χ1) is 8.24. The molecule has 2 rings (SSSR count). The lowest BCUT2D eigenvalue weighted by Crippen LogP contribution is -2.16. The van der Waals surface area contributed by atoms with E-state index in [0.29, 0.717) is 6.54 Å². The number of hydrogen-bond acceptors (Lipinski definition) is 3. The zero-order valence-electron chi connectivity index (χ0n) is 9.32. The molecule has 0 atom stereocenters. The summed E-state index contributed by atoms with van der Waals surface area (Å²) in [5.74, 6) is -0.430. The Kier molecular flexibility index (Phi) is 4.12. The van der Waals surface area contributed by atoms with Crippen LogP contribution in [-0.4, -0.2) is 11.7 Å². The van der Waals surface area contributed by atoms with E-state index < -0.39 is 5.82 Å². The number of phenolic OH excluding ortho intramolecular Hbond substituents is 1. The van der Waals surface area contributed by atoms with Gasteiger partial charge in [-0.3, -0.25) is 0 Å². The van der Waals surface area contributed by atoms with Crippen molar-refractivity contribution in [1.82, 2.24) is 5.32 Å². The Labute approximate surface area is 104 Å². The summed E-state index contributed by atoms with van der Waals surface area (Å²) < 4.78 is 13.0. The van der Waals surface area contributed by atoms with E-state index in [1.54, 1.807) is 17.4 Å². The fraction of sp³-hybridized carbons (Fsp3) is 0.231. The molecule has 17 heavy (non-hydrogen) atoms. The van der Waals surface area contributed by atoms with Gasteiger partial charge in [0.1, 0.15) is 11.6 Å². The van der Waals surface area contributed by atoms with Crippen LogP contribution in [0.15, 0.2) is 35.7 Å². The molecule has 0 unspecified atom stereocenters. The Bertz CT molecular complexity index is 450. The Balaban J connectivity index is 1.78. The zero-order valence-corrected chi connectivity index (χ0v) is 10.1. The van der Waals surface area contributed by atoms with Gasteiger partial charge in [0.05, 0.1) is 0 Å². The Morgan fingerprint density at radius 2 is 2.18 bits per heavy atom. The topological polar surface area (TPSA) is 32.3 Å². The van der Waals surface area contributed by atoms with Crippen molar-refractivity contribution < 1.29 is 9.50 Å². The van der Waals surface area contributed by atoms with Gasteiger partial charge in [-0.05, 0) is 35.6 Å². The third kappa shape index (κ3) is 3.84. The molecule has 0 spiro atoms. The summed E-state index contributed by atoms with van der Waals surface area (Å²) in [7, 11) is 0. The van der Waals surface area contributed by atoms with Gasteiger partial charge < -0.3 is 10.4 Å². The van der Waals surface area contributed by atoms with Crippen LogP contribution >= 0.6 is 11.3 Å². The third-order valence-electron chi connectivity index (χ3n) is 2.40. The monoisotopic (exact) mass is 251 g/mol. The number of hydrogen-bond donors (Lipinski definition) is 2. The minimum atomic E-state index is -0.403. The second kappa shape index (κ2) is 5.80. The maximum atomic E-state index is 13.0. The van der Waals surface area contributed by atoms with E-state index in [0.717, 1.165) is 24.6 Å². The molecule has 4 heteroatoms. The molecule has 0 fully saturated rings. The normalized spacial score (nSPS) is 10.6. The zero-order chi connectivity index (χ0) is 12.1. The van der Waals surface area contributed by atoms with Crippen LogP contribution in [0.3, 0.4) is 0 Å². The van der Waals surface area contributed by atoms with Crippen molar-refractivity contribution in [2.45, 2.75) is 13.0 Å². The summed E-state index contributed by atoms with van der Waals surface area (Å²) in [6.45, 7) is 1.41. The summed E-state index contributed by atoms with van der Waals surface area (Å²) in [6, 6.07) is 8.24. The lowest BCUT2D eigenvalue weighted by molar-refractivity contribution is 0.467. The Morgan fingerprint density at radius 1 is 1.29 bits per heavy atom. The molecular formula is C13H14FNOS. The highest BCUT2D eigenvalue weighted by molar-refractivity contribution is 7.09. The lowest BCUT2D eigenvalue weighted by atomic mass is 10.2. The standard InChI is InChI=1S/C13H14FNOS/c14-11-6-10(7-12(16)8-11)9-15-4-3-13-2-1-5-17-13/h1-2,5-8,15-16H,3-4,9H2. The highest BCUT2D eigenvalue weighted by Crippen LogP contribution is 2.14. The summed E-state index contributed by atoms with van der Waals surface area (Å²) in [5.41, 5.74) is 0.758. The first-order valence-electron chi connectivity index (χ1n) is 5.45. The summed E-state index contributed by atoms with van der Waals surface area (Å²) in [4.78, 5) is 1.33. The minimum Gasteiger partial charge on any atom is -0.508 e. The largest absolute Gasteiger partial charge is 0.508 e. The molecule has 0 aliphatic heterocycles. The molecule has 0 aliphatic carbocycles. The molecule has 0 bridgehead atoms. The SMILES string of the molecule is Oc1cc(F)cc(CNCCc2cccs2)c1. The molecule has 90 valence electrons. The maximum Gasteiger partial charge on any atom is 0.127 e. The number of aromatic hydroxyl groups is 1. The van der Waals surface area contributed by atoms with Crippen LogP contribution in [0.25, 0.3) is 0 Å². The molecule has 0 radical (unpaired) electrons. The number of benzene rings is 1. The van der Waals surface area contributed by atoms with Gasteiger partial charge in [-0.2, -0.15) is 0 Å². The van der Waals surface area contributed by atoms with Crippen molar-refractivity contribution in [1.29, 1.82) is 0 Å². The quantitative estimate of drug-likeness (QED) is 0.801. The highest BCUT2D eigenvalue weighted by atomic mass is 32.1. The Hall–Kier alpha value is -1.39. The van der Waals surface area contributed by atoms with Crippen LogP contribution in [0.4, 0.5) is 4.39 Å². The van der Waals surface area contributed by atoms with E-state index in [2.05, 4.69) is 16.8 Å². The summed E-state index contributed by atoms with van der Waals surface area (Å²) in [6.07, 6.45) is 0.971.